The number of nitrogens with zero attached hydrogens (tertiary/aromatic N) is 1. The Balaban J connectivity index is 2.49. The van der Waals surface area contributed by atoms with Gasteiger partial charge in [0.15, 0.2) is 0 Å². The van der Waals surface area contributed by atoms with Crippen molar-refractivity contribution in [3.05, 3.63) is 73.0 Å². The second kappa shape index (κ2) is 18.0. The van der Waals surface area contributed by atoms with Crippen LogP contribution < -0.4 is 0 Å². The minimum Gasteiger partial charge on any atom is -0.395 e. The summed E-state index contributed by atoms with van der Waals surface area (Å²) < 4.78 is 0. The van der Waals surface area contributed by atoms with Crippen LogP contribution in [-0.4, -0.2) is 29.7 Å². The molecule has 0 unspecified atom stereocenters. The Morgan fingerprint density at radius 2 is 1.08 bits per heavy atom. The third-order valence-electron chi connectivity index (χ3n) is 4.39. The van der Waals surface area contributed by atoms with E-state index in [1.165, 1.54) is 57.8 Å². The predicted octanol–water partition coefficient (Wildman–Crippen LogP) is 6.10. The molecule has 0 aliphatic carbocycles. The summed E-state index contributed by atoms with van der Waals surface area (Å²) in [7, 11) is 0. The number of allylic oxidation sites excluding steroid dienone is 11. The van der Waals surface area contributed by atoms with Gasteiger partial charge < -0.3 is 10.0 Å². The molecule has 0 fully saturated rings. The minimum absolute atomic E-state index is 0.209. The van der Waals surface area contributed by atoms with E-state index in [1.807, 2.05) is 42.5 Å². The van der Waals surface area contributed by atoms with E-state index in [0.29, 0.717) is 6.54 Å². The van der Waals surface area contributed by atoms with Crippen molar-refractivity contribution in [1.82, 2.24) is 4.90 Å². The lowest BCUT2D eigenvalue weighted by Crippen LogP contribution is -2.22. The number of β-amino-alcohol motifs (C(OH)–C–C–N with tert-alkyl or cyclic N) is 1. The maximum absolute atomic E-state index is 9.21. The first-order valence-corrected chi connectivity index (χ1v) is 10.3. The molecule has 0 saturated heterocycles. The van der Waals surface area contributed by atoms with Crippen molar-refractivity contribution >= 4 is 0 Å². The smallest absolute Gasteiger partial charge is 0.0606 e. The van der Waals surface area contributed by atoms with Crippen molar-refractivity contribution in [3.63, 3.8) is 0 Å². The summed E-state index contributed by atoms with van der Waals surface area (Å²) in [6, 6.07) is 0. The molecule has 144 valence electrons. The van der Waals surface area contributed by atoms with Gasteiger partial charge in [0.1, 0.15) is 0 Å². The third-order valence-corrected chi connectivity index (χ3v) is 4.39. The maximum Gasteiger partial charge on any atom is 0.0606 e. The van der Waals surface area contributed by atoms with Crippen LogP contribution in [0.4, 0.5) is 0 Å². The number of aliphatic hydroxyl groups excluding tert-OH is 1. The summed E-state index contributed by atoms with van der Waals surface area (Å²) in [6.45, 7) is 1.95. The summed E-state index contributed by atoms with van der Waals surface area (Å²) in [6.07, 6.45) is 36.6. The van der Waals surface area contributed by atoms with Crippen molar-refractivity contribution in [2.24, 2.45) is 0 Å². The predicted molar refractivity (Wildman–Crippen MR) is 115 cm³/mol. The molecule has 1 aliphatic rings. The standard InChI is InChI=1S/C24H37NO/c26-24-23-25-21-19-17-15-13-11-9-7-5-3-1-2-4-6-8-10-12-14-16-18-20-22-25/h1-3,5,7,9,11,13,15,17,19,21,26H,4,6,8,10,12,14,16,18,20,22-24H2/b2-1-,5-3+,9-7+,13-11-,17-15+,21-19+. The molecule has 0 aromatic rings. The first-order valence-electron chi connectivity index (χ1n) is 10.3. The molecule has 0 amide bonds. The van der Waals surface area contributed by atoms with Crippen molar-refractivity contribution in [1.29, 1.82) is 0 Å². The fourth-order valence-corrected chi connectivity index (χ4v) is 2.89. The topological polar surface area (TPSA) is 23.5 Å². The highest BCUT2D eigenvalue weighted by Gasteiger charge is 1.98. The molecule has 1 aliphatic heterocycles. The van der Waals surface area contributed by atoms with Crippen LogP contribution in [0.25, 0.3) is 0 Å². The molecule has 0 aromatic heterocycles. The molecule has 1 heterocycles. The summed E-state index contributed by atoms with van der Waals surface area (Å²) in [5, 5.41) is 9.21. The fraction of sp³-hybridized carbons (Fsp3) is 0.500. The summed E-state index contributed by atoms with van der Waals surface area (Å²) in [4.78, 5) is 2.21. The Kier molecular flexibility index (Phi) is 15.4. The van der Waals surface area contributed by atoms with E-state index < -0.39 is 0 Å². The van der Waals surface area contributed by atoms with E-state index in [2.05, 4.69) is 35.4 Å². The molecule has 1 rings (SSSR count). The summed E-state index contributed by atoms with van der Waals surface area (Å²) in [5.41, 5.74) is 0. The first kappa shape index (κ1) is 22.2. The van der Waals surface area contributed by atoms with Gasteiger partial charge in [-0.1, -0.05) is 99.3 Å². The highest BCUT2D eigenvalue weighted by molar-refractivity contribution is 5.19. The van der Waals surface area contributed by atoms with Crippen LogP contribution in [0.1, 0.15) is 57.8 Å². The van der Waals surface area contributed by atoms with Crippen LogP contribution in [-0.2, 0) is 0 Å². The van der Waals surface area contributed by atoms with E-state index in [9.17, 15) is 5.11 Å². The number of rotatable bonds is 2. The van der Waals surface area contributed by atoms with Gasteiger partial charge in [-0.2, -0.15) is 0 Å². The number of hydrogen-bond donors (Lipinski definition) is 1. The van der Waals surface area contributed by atoms with Gasteiger partial charge >= 0.3 is 0 Å². The Morgan fingerprint density at radius 1 is 0.577 bits per heavy atom. The zero-order chi connectivity index (χ0) is 18.5. The maximum atomic E-state index is 9.21. The van der Waals surface area contributed by atoms with E-state index in [-0.39, 0.29) is 6.61 Å². The van der Waals surface area contributed by atoms with Crippen LogP contribution in [0.5, 0.6) is 0 Å². The Bertz CT molecular complexity index is 482. The van der Waals surface area contributed by atoms with Crippen LogP contribution in [0.3, 0.4) is 0 Å². The van der Waals surface area contributed by atoms with Gasteiger partial charge in [-0.25, -0.2) is 0 Å². The van der Waals surface area contributed by atoms with E-state index >= 15 is 0 Å². The average Bonchev–Trinajstić information content (AvgIpc) is 2.65. The lowest BCUT2D eigenvalue weighted by atomic mass is 10.1. The lowest BCUT2D eigenvalue weighted by Gasteiger charge is -2.18. The van der Waals surface area contributed by atoms with Crippen molar-refractivity contribution in [3.8, 4) is 0 Å². The quantitative estimate of drug-likeness (QED) is 0.647. The Labute approximate surface area is 161 Å². The molecule has 0 atom stereocenters. The van der Waals surface area contributed by atoms with Crippen LogP contribution in [0.2, 0.25) is 0 Å². The normalized spacial score (nSPS) is 26.4. The highest BCUT2D eigenvalue weighted by atomic mass is 16.3. The monoisotopic (exact) mass is 355 g/mol. The van der Waals surface area contributed by atoms with E-state index in [1.54, 1.807) is 0 Å². The second-order valence-electron chi connectivity index (χ2n) is 6.69. The molecule has 0 aromatic carbocycles. The van der Waals surface area contributed by atoms with Crippen LogP contribution in [0, 0.1) is 0 Å². The molecule has 0 saturated carbocycles. The molecule has 26 heavy (non-hydrogen) atoms. The van der Waals surface area contributed by atoms with E-state index in [4.69, 9.17) is 0 Å². The van der Waals surface area contributed by atoms with Crippen molar-refractivity contribution in [2.45, 2.75) is 57.8 Å². The van der Waals surface area contributed by atoms with Gasteiger partial charge in [0.05, 0.1) is 6.61 Å². The van der Waals surface area contributed by atoms with Gasteiger partial charge in [-0.15, -0.1) is 0 Å². The molecular formula is C24H37NO. The molecule has 0 radical (unpaired) electrons. The van der Waals surface area contributed by atoms with Gasteiger partial charge in [-0.05, 0) is 31.5 Å². The average molecular weight is 356 g/mol. The molecule has 2 nitrogen and oxygen atoms in total. The Morgan fingerprint density at radius 3 is 1.69 bits per heavy atom. The first-order chi connectivity index (χ1) is 12.9. The van der Waals surface area contributed by atoms with Crippen LogP contribution in [0.15, 0.2) is 73.0 Å². The SMILES string of the molecule is OCCN1/C=C/C=C/C=C\C=C\C=C\C=C/CCCCCCCCCC1. The van der Waals surface area contributed by atoms with Gasteiger partial charge in [0.25, 0.3) is 0 Å². The molecule has 1 N–H and O–H groups in total. The summed E-state index contributed by atoms with van der Waals surface area (Å²) >= 11 is 0. The fourth-order valence-electron chi connectivity index (χ4n) is 2.89. The lowest BCUT2D eigenvalue weighted by molar-refractivity contribution is 0.234. The van der Waals surface area contributed by atoms with Crippen molar-refractivity contribution < 1.29 is 5.11 Å². The second-order valence-corrected chi connectivity index (χ2v) is 6.69. The largest absolute Gasteiger partial charge is 0.395 e. The zero-order valence-electron chi connectivity index (χ0n) is 16.3. The Hall–Kier alpha value is -1.80. The van der Waals surface area contributed by atoms with Crippen molar-refractivity contribution in [2.75, 3.05) is 19.7 Å². The van der Waals surface area contributed by atoms with Crippen LogP contribution >= 0.6 is 0 Å². The highest BCUT2D eigenvalue weighted by Crippen LogP contribution is 2.10. The third kappa shape index (κ3) is 14.5. The zero-order valence-corrected chi connectivity index (χ0v) is 16.3. The van der Waals surface area contributed by atoms with Gasteiger partial charge in [0, 0.05) is 13.1 Å². The molecule has 2 heteroatoms. The molecule has 0 spiro atoms. The summed E-state index contributed by atoms with van der Waals surface area (Å²) in [5.74, 6) is 0. The van der Waals surface area contributed by atoms with Gasteiger partial charge in [-0.3, -0.25) is 0 Å². The molecule has 0 bridgehead atoms. The number of hydrogen-bond acceptors (Lipinski definition) is 2. The minimum atomic E-state index is 0.209. The number of aliphatic hydroxyl groups is 1. The molecular weight excluding hydrogens is 318 g/mol. The van der Waals surface area contributed by atoms with E-state index in [0.717, 1.165) is 6.54 Å². The van der Waals surface area contributed by atoms with Gasteiger partial charge in [0.2, 0.25) is 0 Å².